The number of ether oxygens (including phenoxy) is 1. The molecule has 0 radical (unpaired) electrons. The van der Waals surface area contributed by atoms with Crippen LogP contribution in [0.15, 0.2) is 12.1 Å². The molecule has 5 nitrogen and oxygen atoms in total. The number of nitrogens with two attached hydrogens (primary N) is 1. The van der Waals surface area contributed by atoms with E-state index in [4.69, 9.17) is 10.5 Å². The Morgan fingerprint density at radius 2 is 2.13 bits per heavy atom. The Kier molecular flexibility index (Phi) is 4.71. The van der Waals surface area contributed by atoms with Crippen LogP contribution in [0.3, 0.4) is 0 Å². The van der Waals surface area contributed by atoms with Crippen molar-refractivity contribution in [3.05, 3.63) is 17.9 Å². The smallest absolute Gasteiger partial charge is 0.156 e. The van der Waals surface area contributed by atoms with Gasteiger partial charge in [-0.2, -0.15) is 5.10 Å². The highest BCUT2D eigenvalue weighted by Crippen LogP contribution is 2.27. The van der Waals surface area contributed by atoms with E-state index in [1.165, 1.54) is 6.07 Å². The zero-order chi connectivity index (χ0) is 16.4. The highest BCUT2D eigenvalue weighted by Gasteiger charge is 2.20. The number of anilines is 1. The molecule has 0 saturated carbocycles. The van der Waals surface area contributed by atoms with Gasteiger partial charge in [-0.15, -0.1) is 0 Å². The Labute approximate surface area is 136 Å². The maximum atomic E-state index is 14.1. The van der Waals surface area contributed by atoms with Crippen LogP contribution in [0.1, 0.15) is 26.7 Å². The lowest BCUT2D eigenvalue weighted by atomic mass is 9.97. The van der Waals surface area contributed by atoms with Crippen LogP contribution in [0, 0.1) is 17.7 Å². The molecule has 0 amide bonds. The molecule has 1 fully saturated rings. The van der Waals surface area contributed by atoms with Gasteiger partial charge < -0.3 is 15.4 Å². The van der Waals surface area contributed by atoms with Crippen molar-refractivity contribution in [2.45, 2.75) is 26.7 Å². The standard InChI is InChI=1S/C17H25FN4O/c1-11(2)9-22-5-3-12(4-6-22)10-23-13-7-14(18)16-15(8-13)20-21-17(16)19/h7-8,11-12H,3-6,9-10H2,1-2H3,(H3,19,20,21). The fourth-order valence-electron chi connectivity index (χ4n) is 3.26. The lowest BCUT2D eigenvalue weighted by Gasteiger charge is -2.32. The van der Waals surface area contributed by atoms with E-state index in [1.54, 1.807) is 6.07 Å². The first-order chi connectivity index (χ1) is 11.0. The van der Waals surface area contributed by atoms with Crippen molar-refractivity contribution in [1.82, 2.24) is 15.1 Å². The first-order valence-corrected chi connectivity index (χ1v) is 8.31. The topological polar surface area (TPSA) is 67.2 Å². The number of piperidine rings is 1. The number of aromatic nitrogens is 2. The minimum atomic E-state index is -0.393. The highest BCUT2D eigenvalue weighted by molar-refractivity contribution is 5.90. The number of hydrogen-bond donors (Lipinski definition) is 2. The summed E-state index contributed by atoms with van der Waals surface area (Å²) >= 11 is 0. The van der Waals surface area contributed by atoms with Gasteiger partial charge >= 0.3 is 0 Å². The fraction of sp³-hybridized carbons (Fsp3) is 0.588. The zero-order valence-corrected chi connectivity index (χ0v) is 13.8. The van der Waals surface area contributed by atoms with Gasteiger partial charge in [0.05, 0.1) is 17.5 Å². The monoisotopic (exact) mass is 320 g/mol. The number of benzene rings is 1. The van der Waals surface area contributed by atoms with Gasteiger partial charge in [0.25, 0.3) is 0 Å². The van der Waals surface area contributed by atoms with Gasteiger partial charge in [0.15, 0.2) is 5.82 Å². The Morgan fingerprint density at radius 3 is 2.83 bits per heavy atom. The van der Waals surface area contributed by atoms with E-state index >= 15 is 0 Å². The molecule has 3 N–H and O–H groups in total. The fourth-order valence-corrected chi connectivity index (χ4v) is 3.26. The number of hydrogen-bond acceptors (Lipinski definition) is 4. The largest absolute Gasteiger partial charge is 0.493 e. The number of H-pyrrole nitrogens is 1. The van der Waals surface area contributed by atoms with Gasteiger partial charge in [-0.25, -0.2) is 4.39 Å². The van der Waals surface area contributed by atoms with Crippen LogP contribution < -0.4 is 10.5 Å². The number of nitrogens with one attached hydrogen (secondary N) is 1. The molecule has 0 unspecified atom stereocenters. The molecular weight excluding hydrogens is 295 g/mol. The minimum absolute atomic E-state index is 0.182. The Morgan fingerprint density at radius 1 is 1.39 bits per heavy atom. The molecule has 0 atom stereocenters. The average Bonchev–Trinajstić information content (AvgIpc) is 2.88. The molecule has 1 aromatic heterocycles. The van der Waals surface area contributed by atoms with Crippen molar-refractivity contribution in [1.29, 1.82) is 0 Å². The summed E-state index contributed by atoms with van der Waals surface area (Å²) in [6.45, 7) is 8.54. The van der Waals surface area contributed by atoms with Crippen molar-refractivity contribution in [2.24, 2.45) is 11.8 Å². The quantitative estimate of drug-likeness (QED) is 0.888. The minimum Gasteiger partial charge on any atom is -0.493 e. The maximum absolute atomic E-state index is 14.1. The maximum Gasteiger partial charge on any atom is 0.156 e. The zero-order valence-electron chi connectivity index (χ0n) is 13.8. The number of fused-ring (bicyclic) bond motifs is 1. The van der Waals surface area contributed by atoms with Crippen molar-refractivity contribution in [3.63, 3.8) is 0 Å². The molecule has 2 aromatic rings. The normalized spacial score (nSPS) is 17.2. The molecule has 23 heavy (non-hydrogen) atoms. The molecule has 1 aliphatic rings. The summed E-state index contributed by atoms with van der Waals surface area (Å²) in [4.78, 5) is 2.51. The first-order valence-electron chi connectivity index (χ1n) is 8.31. The number of nitrogen functional groups attached to an aromatic ring is 1. The van der Waals surface area contributed by atoms with Crippen LogP contribution in [0.2, 0.25) is 0 Å². The Hall–Kier alpha value is -1.82. The van der Waals surface area contributed by atoms with Crippen LogP contribution in [0.5, 0.6) is 5.75 Å². The molecule has 0 spiro atoms. The van der Waals surface area contributed by atoms with Gasteiger partial charge in [0.2, 0.25) is 0 Å². The number of halogens is 1. The van der Waals surface area contributed by atoms with E-state index in [-0.39, 0.29) is 5.82 Å². The first kappa shape index (κ1) is 16.1. The number of rotatable bonds is 5. The predicted molar refractivity (Wildman–Crippen MR) is 90.0 cm³/mol. The van der Waals surface area contributed by atoms with E-state index in [2.05, 4.69) is 28.9 Å². The van der Waals surface area contributed by atoms with Crippen LogP contribution in [0.25, 0.3) is 10.9 Å². The molecule has 3 rings (SSSR count). The van der Waals surface area contributed by atoms with Crippen LogP contribution in [-0.4, -0.2) is 41.3 Å². The van der Waals surface area contributed by atoms with Crippen molar-refractivity contribution >= 4 is 16.7 Å². The Bertz CT molecular complexity index is 662. The van der Waals surface area contributed by atoms with E-state index in [1.807, 2.05) is 0 Å². The van der Waals surface area contributed by atoms with Gasteiger partial charge in [-0.05, 0) is 37.8 Å². The summed E-state index contributed by atoms with van der Waals surface area (Å²) < 4.78 is 19.9. The summed E-state index contributed by atoms with van der Waals surface area (Å²) in [6.07, 6.45) is 2.27. The van der Waals surface area contributed by atoms with Crippen LogP contribution in [0.4, 0.5) is 10.2 Å². The third kappa shape index (κ3) is 3.75. The molecule has 1 saturated heterocycles. The summed E-state index contributed by atoms with van der Waals surface area (Å²) in [5, 5.41) is 6.89. The van der Waals surface area contributed by atoms with Gasteiger partial charge in [0.1, 0.15) is 11.6 Å². The lowest BCUT2D eigenvalue weighted by Crippen LogP contribution is -2.37. The number of nitrogens with zero attached hydrogens (tertiary/aromatic N) is 2. The number of aromatic amines is 1. The van der Waals surface area contributed by atoms with E-state index < -0.39 is 5.82 Å². The lowest BCUT2D eigenvalue weighted by molar-refractivity contribution is 0.132. The second kappa shape index (κ2) is 6.74. The molecule has 1 aromatic carbocycles. The summed E-state index contributed by atoms with van der Waals surface area (Å²) in [6, 6.07) is 3.15. The van der Waals surface area contributed by atoms with Crippen molar-refractivity contribution in [3.8, 4) is 5.75 Å². The third-order valence-electron chi connectivity index (χ3n) is 4.43. The molecule has 6 heteroatoms. The predicted octanol–water partition coefficient (Wildman–Crippen LogP) is 3.03. The van der Waals surface area contributed by atoms with E-state index in [0.29, 0.717) is 35.1 Å². The summed E-state index contributed by atoms with van der Waals surface area (Å²) in [5.41, 5.74) is 6.21. The Balaban J connectivity index is 1.55. The van der Waals surface area contributed by atoms with Crippen molar-refractivity contribution in [2.75, 3.05) is 32.0 Å². The molecular formula is C17H25FN4O. The molecule has 0 bridgehead atoms. The molecule has 2 heterocycles. The second-order valence-corrected chi connectivity index (χ2v) is 6.89. The molecule has 126 valence electrons. The van der Waals surface area contributed by atoms with Crippen LogP contribution >= 0.6 is 0 Å². The molecule has 1 aliphatic heterocycles. The van der Waals surface area contributed by atoms with E-state index in [0.717, 1.165) is 32.5 Å². The van der Waals surface area contributed by atoms with Gasteiger partial charge in [0, 0.05) is 18.7 Å². The molecule has 0 aliphatic carbocycles. The summed E-state index contributed by atoms with van der Waals surface area (Å²) in [5.74, 6) is 1.56. The van der Waals surface area contributed by atoms with Crippen molar-refractivity contribution < 1.29 is 9.13 Å². The highest BCUT2D eigenvalue weighted by atomic mass is 19.1. The number of likely N-dealkylation sites (tertiary alicyclic amines) is 1. The van der Waals surface area contributed by atoms with Crippen LogP contribution in [-0.2, 0) is 0 Å². The van der Waals surface area contributed by atoms with Gasteiger partial charge in [-0.3, -0.25) is 5.10 Å². The third-order valence-corrected chi connectivity index (χ3v) is 4.43. The SMILES string of the molecule is CC(C)CN1CCC(COc2cc(F)c3c(N)n[nH]c3c2)CC1. The average molecular weight is 320 g/mol. The summed E-state index contributed by atoms with van der Waals surface area (Å²) in [7, 11) is 0. The second-order valence-electron chi connectivity index (χ2n) is 6.89. The van der Waals surface area contributed by atoms with Gasteiger partial charge in [-0.1, -0.05) is 13.8 Å². The van der Waals surface area contributed by atoms with E-state index in [9.17, 15) is 4.39 Å².